The van der Waals surface area contributed by atoms with E-state index in [0.29, 0.717) is 0 Å². The van der Waals surface area contributed by atoms with Gasteiger partial charge in [0, 0.05) is 6.04 Å². The topological polar surface area (TPSA) is 12.0 Å². The van der Waals surface area contributed by atoms with Gasteiger partial charge in [-0.2, -0.15) is 0 Å². The third-order valence-corrected chi connectivity index (χ3v) is 2.00. The summed E-state index contributed by atoms with van der Waals surface area (Å²) in [5, 5.41) is 3.31. The molecule has 1 heteroatoms. The van der Waals surface area contributed by atoms with Crippen LogP contribution >= 0.6 is 0 Å². The summed E-state index contributed by atoms with van der Waals surface area (Å²) < 4.78 is 0. The molecule has 0 aromatic heterocycles. The second-order valence-corrected chi connectivity index (χ2v) is 2.64. The van der Waals surface area contributed by atoms with Gasteiger partial charge >= 0.3 is 0 Å². The van der Waals surface area contributed by atoms with E-state index in [1.807, 2.05) is 0 Å². The number of nitrogens with one attached hydrogen (secondary N) is 1. The molecule has 1 saturated carbocycles. The van der Waals surface area contributed by atoms with Crippen molar-refractivity contribution in [2.24, 2.45) is 5.92 Å². The summed E-state index contributed by atoms with van der Waals surface area (Å²) in [5.74, 6) is 1.02. The molecule has 0 aliphatic heterocycles. The van der Waals surface area contributed by atoms with E-state index in [-0.39, 0.29) is 0 Å². The van der Waals surface area contributed by atoms with Gasteiger partial charge in [0.1, 0.15) is 0 Å². The van der Waals surface area contributed by atoms with Crippen molar-refractivity contribution < 1.29 is 0 Å². The summed E-state index contributed by atoms with van der Waals surface area (Å²) in [7, 11) is 2.06. The van der Waals surface area contributed by atoms with Crippen LogP contribution in [0.3, 0.4) is 0 Å². The molecule has 0 saturated heterocycles. The highest BCUT2D eigenvalue weighted by atomic mass is 14.9. The minimum absolute atomic E-state index is 0.815. The first-order valence-electron chi connectivity index (χ1n) is 3.55. The van der Waals surface area contributed by atoms with E-state index in [9.17, 15) is 0 Å². The van der Waals surface area contributed by atoms with Crippen molar-refractivity contribution in [1.29, 1.82) is 0 Å². The second-order valence-electron chi connectivity index (χ2n) is 2.64. The van der Waals surface area contributed by atoms with Crippen molar-refractivity contribution >= 4 is 0 Å². The van der Waals surface area contributed by atoms with Gasteiger partial charge in [-0.1, -0.05) is 6.92 Å². The van der Waals surface area contributed by atoms with E-state index in [1.165, 1.54) is 19.3 Å². The van der Waals surface area contributed by atoms with Crippen LogP contribution in [0.2, 0.25) is 0 Å². The highest BCUT2D eigenvalue weighted by Gasteiger charge is 2.28. The first kappa shape index (κ1) is 6.09. The molecular weight excluding hydrogens is 98.1 g/mol. The highest BCUT2D eigenvalue weighted by Crippen LogP contribution is 2.33. The second kappa shape index (κ2) is 2.49. The van der Waals surface area contributed by atoms with Crippen LogP contribution in [-0.2, 0) is 0 Å². The Hall–Kier alpha value is -0.0400. The zero-order valence-electron chi connectivity index (χ0n) is 5.78. The Balaban J connectivity index is 2.15. The van der Waals surface area contributed by atoms with Crippen LogP contribution in [0.15, 0.2) is 0 Å². The van der Waals surface area contributed by atoms with Gasteiger partial charge in [-0.15, -0.1) is 0 Å². The van der Waals surface area contributed by atoms with Crippen molar-refractivity contribution in [2.45, 2.75) is 32.2 Å². The lowest BCUT2D eigenvalue weighted by atomic mass is 10.1. The van der Waals surface area contributed by atoms with Gasteiger partial charge < -0.3 is 5.32 Å². The Morgan fingerprint density at radius 3 is 2.38 bits per heavy atom. The summed E-state index contributed by atoms with van der Waals surface area (Å²) >= 11 is 0. The molecular formula is C7H15N. The normalized spacial score (nSPS) is 23.2. The zero-order chi connectivity index (χ0) is 5.98. The van der Waals surface area contributed by atoms with Gasteiger partial charge in [0.2, 0.25) is 0 Å². The van der Waals surface area contributed by atoms with Crippen LogP contribution in [0, 0.1) is 5.92 Å². The first-order valence-corrected chi connectivity index (χ1v) is 3.55. The molecule has 0 aromatic rings. The van der Waals surface area contributed by atoms with Crippen molar-refractivity contribution in [3.05, 3.63) is 0 Å². The molecule has 0 bridgehead atoms. The molecule has 0 aromatic carbocycles. The molecule has 1 aliphatic carbocycles. The maximum Gasteiger partial charge on any atom is 0.00897 e. The van der Waals surface area contributed by atoms with Gasteiger partial charge in [0.15, 0.2) is 0 Å². The molecule has 1 fully saturated rings. The monoisotopic (exact) mass is 113 g/mol. The lowest BCUT2D eigenvalue weighted by Gasteiger charge is -2.10. The quantitative estimate of drug-likeness (QED) is 0.583. The maximum atomic E-state index is 3.31. The van der Waals surface area contributed by atoms with Gasteiger partial charge in [0.25, 0.3) is 0 Å². The fourth-order valence-electron chi connectivity index (χ4n) is 1.27. The van der Waals surface area contributed by atoms with Gasteiger partial charge in [-0.25, -0.2) is 0 Å². The smallest absolute Gasteiger partial charge is 0.00897 e. The molecule has 1 aliphatic rings. The molecule has 1 nitrogen and oxygen atoms in total. The molecule has 0 radical (unpaired) electrons. The summed E-state index contributed by atoms with van der Waals surface area (Å²) in [6, 6.07) is 0.815. The molecule has 1 atom stereocenters. The van der Waals surface area contributed by atoms with Crippen LogP contribution in [0.25, 0.3) is 0 Å². The predicted molar refractivity (Wildman–Crippen MR) is 35.9 cm³/mol. The lowest BCUT2D eigenvalue weighted by Crippen LogP contribution is -2.25. The lowest BCUT2D eigenvalue weighted by molar-refractivity contribution is 0.489. The van der Waals surface area contributed by atoms with Crippen molar-refractivity contribution in [2.75, 3.05) is 7.05 Å². The van der Waals surface area contributed by atoms with Crippen LogP contribution in [0.5, 0.6) is 0 Å². The molecule has 48 valence electrons. The standard InChI is InChI=1S/C7H15N/c1-3-7(8-2)6-4-5-6/h6-8H,3-5H2,1-2H3. The van der Waals surface area contributed by atoms with Crippen LogP contribution in [0.1, 0.15) is 26.2 Å². The summed E-state index contributed by atoms with van der Waals surface area (Å²) in [6.07, 6.45) is 4.21. The largest absolute Gasteiger partial charge is 0.317 e. The van der Waals surface area contributed by atoms with Gasteiger partial charge in [0.05, 0.1) is 0 Å². The zero-order valence-corrected chi connectivity index (χ0v) is 5.78. The molecule has 1 unspecified atom stereocenters. The minimum atomic E-state index is 0.815. The van der Waals surface area contributed by atoms with Crippen LogP contribution < -0.4 is 5.32 Å². The number of hydrogen-bond donors (Lipinski definition) is 1. The molecule has 0 amide bonds. The SMILES string of the molecule is CCC(NC)C1CC1. The van der Waals surface area contributed by atoms with E-state index < -0.39 is 0 Å². The predicted octanol–water partition coefficient (Wildman–Crippen LogP) is 1.39. The van der Waals surface area contributed by atoms with E-state index >= 15 is 0 Å². The Morgan fingerprint density at radius 1 is 1.62 bits per heavy atom. The van der Waals surface area contributed by atoms with Gasteiger partial charge in [-0.3, -0.25) is 0 Å². The number of rotatable bonds is 3. The third kappa shape index (κ3) is 1.22. The minimum Gasteiger partial charge on any atom is -0.317 e. The molecule has 1 N–H and O–H groups in total. The highest BCUT2D eigenvalue weighted by molar-refractivity contribution is 4.84. The van der Waals surface area contributed by atoms with Gasteiger partial charge in [-0.05, 0) is 32.2 Å². The van der Waals surface area contributed by atoms with Crippen molar-refractivity contribution in [1.82, 2.24) is 5.32 Å². The summed E-state index contributed by atoms with van der Waals surface area (Å²) in [5.41, 5.74) is 0. The maximum absolute atomic E-state index is 3.31. The Kier molecular flexibility index (Phi) is 1.90. The Labute approximate surface area is 51.5 Å². The van der Waals surface area contributed by atoms with Crippen LogP contribution in [0.4, 0.5) is 0 Å². The molecule has 0 heterocycles. The Bertz CT molecular complexity index is 62.8. The summed E-state index contributed by atoms with van der Waals surface area (Å²) in [4.78, 5) is 0. The first-order chi connectivity index (χ1) is 3.88. The fraction of sp³-hybridized carbons (Fsp3) is 1.00. The fourth-order valence-corrected chi connectivity index (χ4v) is 1.27. The number of hydrogen-bond acceptors (Lipinski definition) is 1. The van der Waals surface area contributed by atoms with E-state index in [0.717, 1.165) is 12.0 Å². The van der Waals surface area contributed by atoms with Crippen molar-refractivity contribution in [3.8, 4) is 0 Å². The molecule has 8 heavy (non-hydrogen) atoms. The average molecular weight is 113 g/mol. The van der Waals surface area contributed by atoms with E-state index in [4.69, 9.17) is 0 Å². The molecule has 1 rings (SSSR count). The van der Waals surface area contributed by atoms with E-state index in [2.05, 4.69) is 19.3 Å². The average Bonchev–Trinajstić information content (AvgIpc) is 2.53. The summed E-state index contributed by atoms with van der Waals surface area (Å²) in [6.45, 7) is 2.25. The third-order valence-electron chi connectivity index (χ3n) is 2.00. The van der Waals surface area contributed by atoms with Crippen LogP contribution in [-0.4, -0.2) is 13.1 Å². The van der Waals surface area contributed by atoms with E-state index in [1.54, 1.807) is 0 Å². The Morgan fingerprint density at radius 2 is 2.25 bits per heavy atom. The molecule has 0 spiro atoms. The van der Waals surface area contributed by atoms with Crippen molar-refractivity contribution in [3.63, 3.8) is 0 Å².